The molecule has 0 aliphatic heterocycles. The average Bonchev–Trinajstić information content (AvgIpc) is 3.32. The van der Waals surface area contributed by atoms with Crippen molar-refractivity contribution in [3.8, 4) is 16.9 Å². The van der Waals surface area contributed by atoms with Crippen molar-refractivity contribution in [3.05, 3.63) is 102 Å². The van der Waals surface area contributed by atoms with Gasteiger partial charge in [-0.2, -0.15) is 5.10 Å². The van der Waals surface area contributed by atoms with E-state index < -0.39 is 0 Å². The number of aromatic nitrogens is 3. The highest BCUT2D eigenvalue weighted by Gasteiger charge is 2.12. The van der Waals surface area contributed by atoms with E-state index in [1.54, 1.807) is 41.4 Å². The number of anilines is 1. The van der Waals surface area contributed by atoms with Gasteiger partial charge in [-0.05, 0) is 66.9 Å². The quantitative estimate of drug-likeness (QED) is 0.337. The number of rotatable bonds is 8. The molecule has 4 rings (SSSR count). The van der Waals surface area contributed by atoms with Crippen LogP contribution < -0.4 is 10.6 Å². The molecule has 4 aromatic rings. The van der Waals surface area contributed by atoms with Crippen LogP contribution >= 0.6 is 0 Å². The normalized spacial score (nSPS) is 11.1. The van der Waals surface area contributed by atoms with Crippen LogP contribution in [0.1, 0.15) is 35.3 Å². The summed E-state index contributed by atoms with van der Waals surface area (Å²) in [5, 5.41) is 10.5. The average molecular weight is 480 g/mol. The van der Waals surface area contributed by atoms with Crippen molar-refractivity contribution >= 4 is 23.6 Å². The number of nitrogens with zero attached hydrogens (tertiary/aromatic N) is 3. The summed E-state index contributed by atoms with van der Waals surface area (Å²) in [6.07, 6.45) is 8.57. The molecule has 2 N–H and O–H groups in total. The fraction of sp³-hybridized carbons (Fsp3) is 0.172. The second-order valence-corrected chi connectivity index (χ2v) is 8.91. The smallest absolute Gasteiger partial charge is 0.251 e. The van der Waals surface area contributed by atoms with Crippen molar-refractivity contribution in [2.24, 2.45) is 5.92 Å². The molecule has 0 saturated heterocycles. The lowest BCUT2D eigenvalue weighted by molar-refractivity contribution is -0.111. The fourth-order valence-corrected chi connectivity index (χ4v) is 3.63. The van der Waals surface area contributed by atoms with Gasteiger partial charge in [0.25, 0.3) is 5.91 Å². The summed E-state index contributed by atoms with van der Waals surface area (Å²) in [6, 6.07) is 18.8. The van der Waals surface area contributed by atoms with E-state index in [4.69, 9.17) is 5.10 Å². The van der Waals surface area contributed by atoms with Crippen LogP contribution in [0.2, 0.25) is 0 Å². The molecule has 7 heteroatoms. The van der Waals surface area contributed by atoms with Crippen LogP contribution in [0, 0.1) is 12.8 Å². The number of carbonyl (C=O) groups is 2. The van der Waals surface area contributed by atoms with Crippen LogP contribution in [0.25, 0.3) is 23.0 Å². The molecular formula is C29H29N5O2. The Balaban J connectivity index is 1.52. The number of hydrogen-bond donors (Lipinski definition) is 2. The van der Waals surface area contributed by atoms with Crippen LogP contribution in [-0.2, 0) is 4.79 Å². The first-order valence-corrected chi connectivity index (χ1v) is 11.8. The number of nitrogens with one attached hydrogen (secondary N) is 2. The molecule has 2 amide bonds. The van der Waals surface area contributed by atoms with Gasteiger partial charge >= 0.3 is 0 Å². The van der Waals surface area contributed by atoms with E-state index in [0.29, 0.717) is 23.7 Å². The van der Waals surface area contributed by atoms with Gasteiger partial charge < -0.3 is 10.6 Å². The molecule has 0 spiro atoms. The first-order valence-electron chi connectivity index (χ1n) is 11.8. The van der Waals surface area contributed by atoms with Crippen molar-refractivity contribution in [1.29, 1.82) is 0 Å². The largest absolute Gasteiger partial charge is 0.352 e. The van der Waals surface area contributed by atoms with Crippen LogP contribution in [0.5, 0.6) is 0 Å². The molecule has 2 aromatic carbocycles. The van der Waals surface area contributed by atoms with Gasteiger partial charge in [-0.15, -0.1) is 0 Å². The number of para-hydroxylation sites is 1. The molecule has 0 saturated carbocycles. The van der Waals surface area contributed by atoms with Gasteiger partial charge in [0.2, 0.25) is 5.91 Å². The van der Waals surface area contributed by atoms with Gasteiger partial charge in [0.15, 0.2) is 0 Å². The summed E-state index contributed by atoms with van der Waals surface area (Å²) in [6.45, 7) is 6.57. The molecule has 182 valence electrons. The monoisotopic (exact) mass is 479 g/mol. The molecule has 0 aliphatic carbocycles. The molecule has 0 atom stereocenters. The second-order valence-electron chi connectivity index (χ2n) is 8.91. The van der Waals surface area contributed by atoms with E-state index in [9.17, 15) is 9.59 Å². The third-order valence-electron chi connectivity index (χ3n) is 5.53. The number of hydrogen-bond acceptors (Lipinski definition) is 4. The molecule has 36 heavy (non-hydrogen) atoms. The maximum atomic E-state index is 12.7. The Hall–Kier alpha value is -4.52. The SMILES string of the molecule is Cc1cc(C(=O)NCC(C)C)ccc1NC(=O)/C=C/c1cn(-c2ccccc2)nc1-c1cccnc1. The number of benzene rings is 2. The minimum absolute atomic E-state index is 0.122. The van der Waals surface area contributed by atoms with E-state index in [-0.39, 0.29) is 11.8 Å². The highest BCUT2D eigenvalue weighted by atomic mass is 16.2. The van der Waals surface area contributed by atoms with Crippen LogP contribution in [-0.4, -0.2) is 33.1 Å². The Labute approximate surface area is 210 Å². The lowest BCUT2D eigenvalue weighted by Crippen LogP contribution is -2.27. The van der Waals surface area contributed by atoms with Gasteiger partial charge in [-0.3, -0.25) is 14.6 Å². The highest BCUT2D eigenvalue weighted by Crippen LogP contribution is 2.24. The zero-order valence-corrected chi connectivity index (χ0v) is 20.6. The number of aryl methyl sites for hydroxylation is 1. The van der Waals surface area contributed by atoms with Gasteiger partial charge in [0.05, 0.1) is 5.69 Å². The first-order chi connectivity index (χ1) is 17.4. The summed E-state index contributed by atoms with van der Waals surface area (Å²) in [5.41, 5.74) is 5.31. The Bertz CT molecular complexity index is 1380. The van der Waals surface area contributed by atoms with Gasteiger partial charge in [-0.25, -0.2) is 4.68 Å². The molecule has 0 radical (unpaired) electrons. The van der Waals surface area contributed by atoms with Gasteiger partial charge in [-0.1, -0.05) is 32.0 Å². The van der Waals surface area contributed by atoms with E-state index in [1.807, 2.05) is 69.4 Å². The maximum Gasteiger partial charge on any atom is 0.251 e. The number of carbonyl (C=O) groups excluding carboxylic acids is 2. The van der Waals surface area contributed by atoms with E-state index in [0.717, 1.165) is 28.1 Å². The third kappa shape index (κ3) is 6.13. The van der Waals surface area contributed by atoms with Crippen molar-refractivity contribution in [3.63, 3.8) is 0 Å². The predicted octanol–water partition coefficient (Wildman–Crippen LogP) is 5.28. The fourth-order valence-electron chi connectivity index (χ4n) is 3.63. The zero-order chi connectivity index (χ0) is 25.5. The van der Waals surface area contributed by atoms with E-state index in [2.05, 4.69) is 15.6 Å². The molecule has 0 unspecified atom stereocenters. The first kappa shape index (κ1) is 24.6. The van der Waals surface area contributed by atoms with Crippen molar-refractivity contribution in [2.75, 3.05) is 11.9 Å². The summed E-state index contributed by atoms with van der Waals surface area (Å²) in [7, 11) is 0. The van der Waals surface area contributed by atoms with Crippen molar-refractivity contribution in [1.82, 2.24) is 20.1 Å². The zero-order valence-electron chi connectivity index (χ0n) is 20.6. The van der Waals surface area contributed by atoms with E-state index >= 15 is 0 Å². The number of amides is 2. The number of pyridine rings is 1. The molecule has 0 aliphatic rings. The molecule has 2 heterocycles. The molecule has 0 bridgehead atoms. The maximum absolute atomic E-state index is 12.7. The Kier molecular flexibility index (Phi) is 7.70. The predicted molar refractivity (Wildman–Crippen MR) is 143 cm³/mol. The van der Waals surface area contributed by atoms with Crippen LogP contribution in [0.4, 0.5) is 5.69 Å². The van der Waals surface area contributed by atoms with Crippen LogP contribution in [0.15, 0.2) is 85.3 Å². The van der Waals surface area contributed by atoms with Gasteiger partial charge in [0, 0.05) is 53.6 Å². The summed E-state index contributed by atoms with van der Waals surface area (Å²) >= 11 is 0. The Morgan fingerprint density at radius 2 is 1.86 bits per heavy atom. The third-order valence-corrected chi connectivity index (χ3v) is 5.53. The molecular weight excluding hydrogens is 450 g/mol. The Morgan fingerprint density at radius 1 is 1.06 bits per heavy atom. The summed E-state index contributed by atoms with van der Waals surface area (Å²) in [5.74, 6) is -0.0264. The van der Waals surface area contributed by atoms with E-state index in [1.165, 1.54) is 6.08 Å². The second kappa shape index (κ2) is 11.3. The van der Waals surface area contributed by atoms with Crippen LogP contribution in [0.3, 0.4) is 0 Å². The summed E-state index contributed by atoms with van der Waals surface area (Å²) < 4.78 is 1.78. The van der Waals surface area contributed by atoms with Crippen molar-refractivity contribution < 1.29 is 9.59 Å². The Morgan fingerprint density at radius 3 is 2.56 bits per heavy atom. The highest BCUT2D eigenvalue weighted by molar-refractivity contribution is 6.03. The lowest BCUT2D eigenvalue weighted by Gasteiger charge is -2.11. The summed E-state index contributed by atoms with van der Waals surface area (Å²) in [4.78, 5) is 29.3. The lowest BCUT2D eigenvalue weighted by atomic mass is 10.1. The van der Waals surface area contributed by atoms with Gasteiger partial charge in [0.1, 0.15) is 5.69 Å². The molecule has 0 fully saturated rings. The standard InChI is InChI=1S/C29H29N5O2/c1-20(2)17-31-29(36)22-11-13-26(21(3)16-22)32-27(35)14-12-24-19-34(25-9-5-4-6-10-25)33-28(24)23-8-7-15-30-18-23/h4-16,18-20H,17H2,1-3H3,(H,31,36)(H,32,35)/b14-12+. The minimum atomic E-state index is -0.278. The molecule has 2 aromatic heterocycles. The van der Waals surface area contributed by atoms with Crippen molar-refractivity contribution in [2.45, 2.75) is 20.8 Å². The minimum Gasteiger partial charge on any atom is -0.352 e. The molecule has 7 nitrogen and oxygen atoms in total. The topological polar surface area (TPSA) is 88.9 Å².